The normalized spacial score (nSPS) is 11.1. The average Bonchev–Trinajstić information content (AvgIpc) is 3.53. The van der Waals surface area contributed by atoms with Crippen molar-refractivity contribution in [2.24, 2.45) is 7.05 Å². The Balaban J connectivity index is 1.91. The van der Waals surface area contributed by atoms with E-state index in [9.17, 15) is 14.9 Å². The molecule has 0 radical (unpaired) electrons. The van der Waals surface area contributed by atoms with Gasteiger partial charge in [0.1, 0.15) is 18.0 Å². The third-order valence-corrected chi connectivity index (χ3v) is 7.34. The summed E-state index contributed by atoms with van der Waals surface area (Å²) in [5.74, 6) is 6.99. The van der Waals surface area contributed by atoms with Crippen LogP contribution in [0.5, 0.6) is 23.0 Å². The SMILES string of the molecule is C=C(C)c1nc([N+](=O)[O-])n(C)c1C[N+](C)(C)Cn1nc(C(=O)c2cc(OC)c(OC)c(OC)c2)c2ccc(OC)c(C#CC)c21. The Morgan fingerprint density at radius 3 is 2.18 bits per heavy atom. The van der Waals surface area contributed by atoms with Crippen LogP contribution in [-0.4, -0.2) is 77.1 Å². The number of carbonyl (C=O) groups is 1. The highest BCUT2D eigenvalue weighted by atomic mass is 16.6. The summed E-state index contributed by atoms with van der Waals surface area (Å²) in [6.45, 7) is 8.06. The number of ether oxygens (including phenoxy) is 4. The van der Waals surface area contributed by atoms with Crippen molar-refractivity contribution >= 4 is 28.2 Å². The number of carbonyl (C=O) groups excluding carboxylic acids is 1. The molecule has 236 valence electrons. The number of benzene rings is 2. The van der Waals surface area contributed by atoms with Gasteiger partial charge in [-0.15, -0.1) is 5.92 Å². The van der Waals surface area contributed by atoms with Crippen LogP contribution in [0.25, 0.3) is 16.5 Å². The van der Waals surface area contributed by atoms with E-state index in [-0.39, 0.29) is 34.1 Å². The Kier molecular flexibility index (Phi) is 9.20. The molecule has 13 nitrogen and oxygen atoms in total. The van der Waals surface area contributed by atoms with Gasteiger partial charge in [-0.3, -0.25) is 4.79 Å². The molecule has 0 aliphatic carbocycles. The van der Waals surface area contributed by atoms with Crippen molar-refractivity contribution in [2.75, 3.05) is 42.5 Å². The number of aromatic nitrogens is 4. The standard InChI is InChI=1S/C32H37N6O7/c1-11-12-21-24(42-7)14-13-22-28(30(39)20-15-25(43-8)31(45-10)26(16-20)44-9)34-36(29(21)22)18-38(5,6)17-23-27(19(2)3)33-32(35(23)4)37(40)41/h13-16H,2,17-18H2,1,3-10H3/q+1. The molecule has 2 heterocycles. The Morgan fingerprint density at radius 1 is 1.04 bits per heavy atom. The van der Waals surface area contributed by atoms with Gasteiger partial charge in [0.15, 0.2) is 29.6 Å². The third kappa shape index (κ3) is 6.05. The lowest BCUT2D eigenvalue weighted by Crippen LogP contribution is -2.41. The van der Waals surface area contributed by atoms with E-state index in [0.29, 0.717) is 63.0 Å². The molecule has 2 aromatic heterocycles. The van der Waals surface area contributed by atoms with Gasteiger partial charge in [0, 0.05) is 10.9 Å². The molecule has 13 heteroatoms. The largest absolute Gasteiger partial charge is 0.495 e. The number of hydrogen-bond acceptors (Lipinski definition) is 9. The van der Waals surface area contributed by atoms with Crippen LogP contribution in [0, 0.1) is 22.0 Å². The van der Waals surface area contributed by atoms with Gasteiger partial charge in [0.25, 0.3) is 0 Å². The molecule has 0 aliphatic rings. The Bertz CT molecular complexity index is 1870. The quantitative estimate of drug-likeness (QED) is 0.0736. The van der Waals surface area contributed by atoms with Crippen molar-refractivity contribution in [1.29, 1.82) is 0 Å². The van der Waals surface area contributed by atoms with Crippen molar-refractivity contribution in [3.05, 3.63) is 69.2 Å². The molecule has 4 rings (SSSR count). The number of allylic oxidation sites excluding steroid dienone is 1. The molecule has 45 heavy (non-hydrogen) atoms. The van der Waals surface area contributed by atoms with Gasteiger partial charge in [-0.05, 0) is 48.6 Å². The van der Waals surface area contributed by atoms with Gasteiger partial charge in [0.2, 0.25) is 11.5 Å². The predicted molar refractivity (Wildman–Crippen MR) is 169 cm³/mol. The number of imidazole rings is 1. The molecule has 0 amide bonds. The number of hydrogen-bond donors (Lipinski definition) is 0. The maximum absolute atomic E-state index is 14.1. The highest BCUT2D eigenvalue weighted by Crippen LogP contribution is 2.39. The van der Waals surface area contributed by atoms with Gasteiger partial charge in [0.05, 0.1) is 60.7 Å². The highest BCUT2D eigenvalue weighted by Gasteiger charge is 2.33. The van der Waals surface area contributed by atoms with Gasteiger partial charge in [-0.2, -0.15) is 5.10 Å². The molecule has 0 atom stereocenters. The summed E-state index contributed by atoms with van der Waals surface area (Å²) in [5, 5.41) is 17.1. The lowest BCUT2D eigenvalue weighted by Gasteiger charge is -2.29. The minimum absolute atomic E-state index is 0.194. The summed E-state index contributed by atoms with van der Waals surface area (Å²) >= 11 is 0. The van der Waals surface area contributed by atoms with Crippen LogP contribution >= 0.6 is 0 Å². The molecule has 0 spiro atoms. The van der Waals surface area contributed by atoms with Crippen LogP contribution in [0.4, 0.5) is 5.95 Å². The zero-order valence-electron chi connectivity index (χ0n) is 27.0. The van der Waals surface area contributed by atoms with Crippen LogP contribution in [0.2, 0.25) is 0 Å². The number of nitro groups is 1. The van der Waals surface area contributed by atoms with Gasteiger partial charge < -0.3 is 33.5 Å². The third-order valence-electron chi connectivity index (χ3n) is 7.34. The lowest BCUT2D eigenvalue weighted by atomic mass is 10.0. The van der Waals surface area contributed by atoms with Crippen LogP contribution in [0.3, 0.4) is 0 Å². The van der Waals surface area contributed by atoms with E-state index in [1.54, 1.807) is 57.0 Å². The summed E-state index contributed by atoms with van der Waals surface area (Å²) in [5.41, 5.74) is 3.40. The Morgan fingerprint density at radius 2 is 1.67 bits per heavy atom. The van der Waals surface area contributed by atoms with E-state index in [1.807, 2.05) is 14.1 Å². The molecular weight excluding hydrogens is 580 g/mol. The molecule has 0 saturated carbocycles. The molecule has 0 saturated heterocycles. The second-order valence-corrected chi connectivity index (χ2v) is 11.0. The fraction of sp³-hybridized carbons (Fsp3) is 0.344. The molecular formula is C32H37N6O7+. The van der Waals surface area contributed by atoms with E-state index in [1.165, 1.54) is 25.9 Å². The summed E-state index contributed by atoms with van der Waals surface area (Å²) in [6, 6.07) is 6.71. The molecule has 0 bridgehead atoms. The Hall–Kier alpha value is -5.35. The topological polar surface area (TPSA) is 133 Å². The van der Waals surface area contributed by atoms with Crippen molar-refractivity contribution in [3.8, 4) is 34.8 Å². The molecule has 0 N–H and O–H groups in total. The van der Waals surface area contributed by atoms with Gasteiger partial charge in [-0.25, -0.2) is 9.25 Å². The van der Waals surface area contributed by atoms with Crippen LogP contribution in [0.15, 0.2) is 30.8 Å². The van der Waals surface area contributed by atoms with E-state index < -0.39 is 4.92 Å². The second-order valence-electron chi connectivity index (χ2n) is 11.0. The fourth-order valence-corrected chi connectivity index (χ4v) is 5.31. The maximum atomic E-state index is 14.1. The van der Waals surface area contributed by atoms with E-state index >= 15 is 0 Å². The lowest BCUT2D eigenvalue weighted by molar-refractivity contribution is -0.926. The minimum Gasteiger partial charge on any atom is -0.495 e. The summed E-state index contributed by atoms with van der Waals surface area (Å²) < 4.78 is 25.5. The summed E-state index contributed by atoms with van der Waals surface area (Å²) in [6.07, 6.45) is 0. The number of rotatable bonds is 12. The first kappa shape index (κ1) is 32.6. The smallest absolute Gasteiger partial charge is 0.435 e. The number of nitrogens with zero attached hydrogens (tertiary/aromatic N) is 6. The first-order valence-electron chi connectivity index (χ1n) is 13.8. The van der Waals surface area contributed by atoms with E-state index in [4.69, 9.17) is 24.0 Å². The van der Waals surface area contributed by atoms with Crippen molar-refractivity contribution < 1.29 is 33.1 Å². The zero-order valence-corrected chi connectivity index (χ0v) is 27.0. The van der Waals surface area contributed by atoms with Crippen molar-refractivity contribution in [3.63, 3.8) is 0 Å². The maximum Gasteiger partial charge on any atom is 0.435 e. The minimum atomic E-state index is -0.514. The fourth-order valence-electron chi connectivity index (χ4n) is 5.31. The first-order valence-corrected chi connectivity index (χ1v) is 13.8. The van der Waals surface area contributed by atoms with Crippen molar-refractivity contribution in [1.82, 2.24) is 19.3 Å². The van der Waals surface area contributed by atoms with Crippen molar-refractivity contribution in [2.45, 2.75) is 27.1 Å². The number of ketones is 1. The first-order chi connectivity index (χ1) is 21.3. The average molecular weight is 618 g/mol. The highest BCUT2D eigenvalue weighted by molar-refractivity contribution is 6.16. The Labute approximate surface area is 261 Å². The zero-order chi connectivity index (χ0) is 33.2. The number of quaternary nitrogens is 1. The molecule has 2 aromatic carbocycles. The van der Waals surface area contributed by atoms with E-state index in [0.717, 1.165) is 0 Å². The van der Waals surface area contributed by atoms with Crippen LogP contribution in [-0.2, 0) is 20.3 Å². The number of methoxy groups -OCH3 is 4. The predicted octanol–water partition coefficient (Wildman–Crippen LogP) is 4.58. The number of fused-ring (bicyclic) bond motifs is 1. The second kappa shape index (κ2) is 12.7. The van der Waals surface area contributed by atoms with Crippen LogP contribution in [0.1, 0.15) is 46.9 Å². The molecule has 0 aliphatic heterocycles. The summed E-state index contributed by atoms with van der Waals surface area (Å²) in [4.78, 5) is 29.5. The molecule has 0 fully saturated rings. The molecule has 0 unspecified atom stereocenters. The van der Waals surface area contributed by atoms with E-state index in [2.05, 4.69) is 23.4 Å². The van der Waals surface area contributed by atoms with Crippen LogP contribution < -0.4 is 18.9 Å². The monoisotopic (exact) mass is 617 g/mol. The van der Waals surface area contributed by atoms with Gasteiger partial charge >= 0.3 is 5.95 Å². The van der Waals surface area contributed by atoms with Gasteiger partial charge in [-0.1, -0.05) is 17.5 Å². The summed E-state index contributed by atoms with van der Waals surface area (Å²) in [7, 11) is 11.5. The molecule has 4 aromatic rings.